The van der Waals surface area contributed by atoms with Crippen molar-refractivity contribution in [1.29, 1.82) is 0 Å². The number of aromatic nitrogens is 3. The Kier molecular flexibility index (Phi) is 5.43. The summed E-state index contributed by atoms with van der Waals surface area (Å²) in [4.78, 5) is 15.6. The second kappa shape index (κ2) is 8.31. The topological polar surface area (TPSA) is 66.0 Å². The van der Waals surface area contributed by atoms with E-state index in [-0.39, 0.29) is 0 Å². The summed E-state index contributed by atoms with van der Waals surface area (Å²) >= 11 is 5.39. The van der Waals surface area contributed by atoms with Gasteiger partial charge in [-0.3, -0.25) is 4.98 Å². The van der Waals surface area contributed by atoms with Crippen molar-refractivity contribution >= 4 is 29.1 Å². The van der Waals surface area contributed by atoms with Crippen LogP contribution in [0.5, 0.6) is 0 Å². The van der Waals surface area contributed by atoms with Gasteiger partial charge in [-0.2, -0.15) is 4.98 Å². The van der Waals surface area contributed by atoms with Crippen molar-refractivity contribution in [3.05, 3.63) is 77.2 Å². The highest BCUT2D eigenvalue weighted by atomic mass is 32.1. The summed E-state index contributed by atoms with van der Waals surface area (Å²) in [7, 11) is 0. The molecule has 0 aliphatic carbocycles. The number of hydrogen-bond donors (Lipinski definition) is 2. The number of thiocarbonyl (C=S) groups is 1. The van der Waals surface area contributed by atoms with Gasteiger partial charge < -0.3 is 15.5 Å². The molecule has 0 fully saturated rings. The maximum absolute atomic E-state index is 5.39. The maximum Gasteiger partial charge on any atom is 0.231 e. The van der Waals surface area contributed by atoms with Gasteiger partial charge in [0.25, 0.3) is 0 Å². The molecular weight excluding hydrogens is 368 g/mol. The minimum absolute atomic E-state index is 0.490. The van der Waals surface area contributed by atoms with E-state index in [1.807, 2.05) is 31.3 Å². The van der Waals surface area contributed by atoms with Gasteiger partial charge in [0.2, 0.25) is 5.95 Å². The van der Waals surface area contributed by atoms with Gasteiger partial charge in [-0.15, -0.1) is 0 Å². The third-order valence-corrected chi connectivity index (χ3v) is 4.94. The van der Waals surface area contributed by atoms with Crippen LogP contribution >= 0.6 is 12.2 Å². The smallest absolute Gasteiger partial charge is 0.231 e. The van der Waals surface area contributed by atoms with E-state index in [0.29, 0.717) is 17.6 Å². The normalized spacial score (nSPS) is 13.0. The van der Waals surface area contributed by atoms with Crippen molar-refractivity contribution in [2.75, 3.05) is 16.8 Å². The van der Waals surface area contributed by atoms with E-state index in [1.165, 1.54) is 11.1 Å². The zero-order valence-electron chi connectivity index (χ0n) is 15.7. The Balaban J connectivity index is 1.43. The van der Waals surface area contributed by atoms with Crippen LogP contribution in [-0.4, -0.2) is 26.6 Å². The van der Waals surface area contributed by atoms with E-state index in [2.05, 4.69) is 54.8 Å². The molecule has 1 aliphatic heterocycles. The van der Waals surface area contributed by atoms with Crippen LogP contribution < -0.4 is 15.5 Å². The summed E-state index contributed by atoms with van der Waals surface area (Å²) in [5, 5.41) is 6.76. The predicted molar refractivity (Wildman–Crippen MR) is 115 cm³/mol. The van der Waals surface area contributed by atoms with Gasteiger partial charge in [0.1, 0.15) is 5.82 Å². The number of hydrogen-bond acceptors (Lipinski definition) is 5. The molecule has 1 aliphatic rings. The summed E-state index contributed by atoms with van der Waals surface area (Å²) < 4.78 is 0. The van der Waals surface area contributed by atoms with Gasteiger partial charge in [0.15, 0.2) is 5.11 Å². The van der Waals surface area contributed by atoms with Crippen molar-refractivity contribution in [3.8, 4) is 0 Å². The molecule has 0 radical (unpaired) electrons. The largest absolute Gasteiger partial charge is 0.358 e. The summed E-state index contributed by atoms with van der Waals surface area (Å²) in [5.41, 5.74) is 4.74. The van der Waals surface area contributed by atoms with Crippen molar-refractivity contribution in [2.24, 2.45) is 0 Å². The number of benzene rings is 1. The standard InChI is InChI=1S/C21H22N6S/c1-15-11-19(27-10-8-17-6-2-3-7-18(17)14-27)25-20(24-15)26-21(28)23-13-16-5-4-9-22-12-16/h2-7,9,11-12H,8,10,13-14H2,1H3,(H2,23,24,25,26,28). The van der Waals surface area contributed by atoms with E-state index in [4.69, 9.17) is 12.2 Å². The monoisotopic (exact) mass is 390 g/mol. The molecule has 0 unspecified atom stereocenters. The number of rotatable bonds is 4. The fourth-order valence-electron chi connectivity index (χ4n) is 3.29. The van der Waals surface area contributed by atoms with Crippen LogP contribution in [-0.2, 0) is 19.5 Å². The molecule has 6 nitrogen and oxygen atoms in total. The van der Waals surface area contributed by atoms with Crippen LogP contribution in [0.1, 0.15) is 22.4 Å². The molecule has 1 aromatic carbocycles. The fourth-order valence-corrected chi connectivity index (χ4v) is 3.46. The molecule has 2 N–H and O–H groups in total. The van der Waals surface area contributed by atoms with Crippen LogP contribution in [0.3, 0.4) is 0 Å². The zero-order chi connectivity index (χ0) is 19.3. The minimum Gasteiger partial charge on any atom is -0.358 e. The third-order valence-electron chi connectivity index (χ3n) is 4.70. The molecule has 0 atom stereocenters. The lowest BCUT2D eigenvalue weighted by molar-refractivity contribution is 0.719. The number of anilines is 2. The van der Waals surface area contributed by atoms with Gasteiger partial charge in [-0.1, -0.05) is 30.3 Å². The average molecular weight is 391 g/mol. The lowest BCUT2D eigenvalue weighted by atomic mass is 10.00. The Morgan fingerprint density at radius 1 is 1.14 bits per heavy atom. The molecule has 0 saturated heterocycles. The maximum atomic E-state index is 5.39. The highest BCUT2D eigenvalue weighted by Crippen LogP contribution is 2.24. The Morgan fingerprint density at radius 3 is 2.82 bits per heavy atom. The molecule has 0 bridgehead atoms. The van der Waals surface area contributed by atoms with Crippen molar-refractivity contribution in [1.82, 2.24) is 20.3 Å². The zero-order valence-corrected chi connectivity index (χ0v) is 16.5. The summed E-state index contributed by atoms with van der Waals surface area (Å²) in [6.07, 6.45) is 4.58. The quantitative estimate of drug-likeness (QED) is 0.663. The van der Waals surface area contributed by atoms with Crippen LogP contribution in [0.2, 0.25) is 0 Å². The number of fused-ring (bicyclic) bond motifs is 1. The van der Waals surface area contributed by atoms with E-state index in [0.717, 1.165) is 36.6 Å². The Morgan fingerprint density at radius 2 is 2.00 bits per heavy atom. The molecule has 3 aromatic rings. The first-order chi connectivity index (χ1) is 13.7. The molecule has 3 heterocycles. The highest BCUT2D eigenvalue weighted by molar-refractivity contribution is 7.80. The summed E-state index contributed by atoms with van der Waals surface area (Å²) in [6.45, 7) is 4.37. The lowest BCUT2D eigenvalue weighted by Gasteiger charge is -2.30. The Labute approximate surface area is 170 Å². The predicted octanol–water partition coefficient (Wildman–Crippen LogP) is 3.23. The SMILES string of the molecule is Cc1cc(N2CCc3ccccc3C2)nc(NC(=S)NCc2cccnc2)n1. The van der Waals surface area contributed by atoms with Crippen LogP contribution in [0.4, 0.5) is 11.8 Å². The van der Waals surface area contributed by atoms with E-state index >= 15 is 0 Å². The fraction of sp³-hybridized carbons (Fsp3) is 0.238. The first kappa shape index (κ1) is 18.3. The van der Waals surface area contributed by atoms with Crippen molar-refractivity contribution < 1.29 is 0 Å². The molecular formula is C21H22N6S. The van der Waals surface area contributed by atoms with E-state index in [1.54, 1.807) is 6.20 Å². The van der Waals surface area contributed by atoms with Crippen LogP contribution in [0.15, 0.2) is 54.9 Å². The first-order valence-corrected chi connectivity index (χ1v) is 9.69. The Bertz CT molecular complexity index is 976. The van der Waals surface area contributed by atoms with Gasteiger partial charge in [-0.25, -0.2) is 4.98 Å². The van der Waals surface area contributed by atoms with Crippen molar-refractivity contribution in [3.63, 3.8) is 0 Å². The number of nitrogens with zero attached hydrogens (tertiary/aromatic N) is 4. The first-order valence-electron chi connectivity index (χ1n) is 9.28. The van der Waals surface area contributed by atoms with Crippen LogP contribution in [0, 0.1) is 6.92 Å². The lowest BCUT2D eigenvalue weighted by Crippen LogP contribution is -2.32. The van der Waals surface area contributed by atoms with Crippen LogP contribution in [0.25, 0.3) is 0 Å². The molecule has 7 heteroatoms. The number of nitrogens with one attached hydrogen (secondary N) is 2. The van der Waals surface area contributed by atoms with Gasteiger partial charge in [-0.05, 0) is 48.3 Å². The number of aryl methyl sites for hydroxylation is 1. The van der Waals surface area contributed by atoms with Gasteiger partial charge in [0, 0.05) is 43.8 Å². The average Bonchev–Trinajstić information content (AvgIpc) is 2.72. The molecule has 4 rings (SSSR count). The van der Waals surface area contributed by atoms with Crippen molar-refractivity contribution in [2.45, 2.75) is 26.4 Å². The second-order valence-electron chi connectivity index (χ2n) is 6.80. The van der Waals surface area contributed by atoms with E-state index in [9.17, 15) is 0 Å². The minimum atomic E-state index is 0.490. The summed E-state index contributed by atoms with van der Waals surface area (Å²) in [6, 6.07) is 14.5. The molecule has 142 valence electrons. The number of pyridine rings is 1. The van der Waals surface area contributed by atoms with Gasteiger partial charge >= 0.3 is 0 Å². The third kappa shape index (κ3) is 4.43. The molecule has 28 heavy (non-hydrogen) atoms. The van der Waals surface area contributed by atoms with E-state index < -0.39 is 0 Å². The second-order valence-corrected chi connectivity index (χ2v) is 7.21. The molecule has 0 amide bonds. The summed E-state index contributed by atoms with van der Waals surface area (Å²) in [5.74, 6) is 1.43. The van der Waals surface area contributed by atoms with Gasteiger partial charge in [0.05, 0.1) is 0 Å². The Hall–Kier alpha value is -3.06. The molecule has 2 aromatic heterocycles. The highest BCUT2D eigenvalue weighted by Gasteiger charge is 2.18. The molecule has 0 spiro atoms. The molecule has 0 saturated carbocycles.